The summed E-state index contributed by atoms with van der Waals surface area (Å²) in [6.07, 6.45) is 4.64. The molecule has 1 aromatic heterocycles. The van der Waals surface area contributed by atoms with Gasteiger partial charge in [-0.2, -0.15) is 0 Å². The molecule has 1 atom stereocenters. The molecule has 14 heavy (non-hydrogen) atoms. The highest BCUT2D eigenvalue weighted by Gasteiger charge is 2.14. The van der Waals surface area contributed by atoms with Gasteiger partial charge in [0.25, 0.3) is 0 Å². The van der Waals surface area contributed by atoms with Crippen LogP contribution in [0.5, 0.6) is 0 Å². The van der Waals surface area contributed by atoms with Gasteiger partial charge >= 0.3 is 0 Å². The average Bonchev–Trinajstić information content (AvgIpc) is 2.58. The SMILES string of the molecule is CS(=O)CCn1cnc2c1CCNC2. The number of imidazole rings is 1. The fourth-order valence-corrected chi connectivity index (χ4v) is 2.17. The lowest BCUT2D eigenvalue weighted by molar-refractivity contribution is 0.597. The largest absolute Gasteiger partial charge is 0.333 e. The lowest BCUT2D eigenvalue weighted by atomic mass is 10.2. The predicted molar refractivity (Wildman–Crippen MR) is 56.6 cm³/mol. The van der Waals surface area contributed by atoms with Gasteiger partial charge in [-0.1, -0.05) is 0 Å². The van der Waals surface area contributed by atoms with E-state index in [1.165, 1.54) is 5.69 Å². The van der Waals surface area contributed by atoms with Crippen LogP contribution < -0.4 is 5.32 Å². The van der Waals surface area contributed by atoms with Gasteiger partial charge in [-0.3, -0.25) is 4.21 Å². The summed E-state index contributed by atoms with van der Waals surface area (Å²) in [5.41, 5.74) is 2.47. The molecule has 1 aliphatic rings. The third-order valence-electron chi connectivity index (χ3n) is 2.48. The molecule has 0 aliphatic carbocycles. The monoisotopic (exact) mass is 213 g/mol. The lowest BCUT2D eigenvalue weighted by Crippen LogP contribution is -2.25. The summed E-state index contributed by atoms with van der Waals surface area (Å²) in [5, 5.41) is 3.28. The molecule has 1 aromatic rings. The van der Waals surface area contributed by atoms with Crippen molar-refractivity contribution < 1.29 is 4.21 Å². The van der Waals surface area contributed by atoms with E-state index in [0.717, 1.165) is 37.5 Å². The van der Waals surface area contributed by atoms with Gasteiger partial charge in [-0.15, -0.1) is 0 Å². The fourth-order valence-electron chi connectivity index (χ4n) is 1.72. The normalized spacial score (nSPS) is 17.8. The van der Waals surface area contributed by atoms with Crippen LogP contribution >= 0.6 is 0 Å². The number of hydrogen-bond donors (Lipinski definition) is 1. The molecule has 0 radical (unpaired) electrons. The van der Waals surface area contributed by atoms with E-state index < -0.39 is 10.8 Å². The van der Waals surface area contributed by atoms with E-state index in [1.54, 1.807) is 6.26 Å². The van der Waals surface area contributed by atoms with Crippen LogP contribution in [-0.2, 0) is 30.3 Å². The van der Waals surface area contributed by atoms with Gasteiger partial charge in [-0.25, -0.2) is 4.98 Å². The Bertz CT molecular complexity index is 348. The summed E-state index contributed by atoms with van der Waals surface area (Å²) in [4.78, 5) is 4.34. The zero-order chi connectivity index (χ0) is 9.97. The van der Waals surface area contributed by atoms with E-state index in [2.05, 4.69) is 14.9 Å². The molecule has 0 amide bonds. The lowest BCUT2D eigenvalue weighted by Gasteiger charge is -2.14. The first kappa shape index (κ1) is 9.86. The topological polar surface area (TPSA) is 46.9 Å². The highest BCUT2D eigenvalue weighted by Crippen LogP contribution is 2.11. The molecule has 1 aliphatic heterocycles. The maximum Gasteiger partial charge on any atom is 0.0952 e. The molecule has 2 rings (SSSR count). The second-order valence-corrected chi connectivity index (χ2v) is 5.09. The minimum absolute atomic E-state index is 0.715. The van der Waals surface area contributed by atoms with E-state index in [4.69, 9.17) is 0 Å². The molecule has 0 saturated carbocycles. The van der Waals surface area contributed by atoms with E-state index in [0.29, 0.717) is 0 Å². The molecule has 2 heterocycles. The van der Waals surface area contributed by atoms with Crippen LogP contribution in [-0.4, -0.2) is 32.3 Å². The maximum atomic E-state index is 11.0. The molecule has 78 valence electrons. The molecule has 1 unspecified atom stereocenters. The van der Waals surface area contributed by atoms with E-state index in [1.807, 2.05) is 6.33 Å². The maximum absolute atomic E-state index is 11.0. The molecule has 4 nitrogen and oxygen atoms in total. The first-order chi connectivity index (χ1) is 6.77. The van der Waals surface area contributed by atoms with Crippen molar-refractivity contribution in [2.75, 3.05) is 18.6 Å². The van der Waals surface area contributed by atoms with E-state index in [-0.39, 0.29) is 0 Å². The number of fused-ring (bicyclic) bond motifs is 1. The molecule has 0 aromatic carbocycles. The van der Waals surface area contributed by atoms with Crippen molar-refractivity contribution in [2.45, 2.75) is 19.5 Å². The standard InChI is InChI=1S/C9H15N3OS/c1-14(13)5-4-12-7-11-8-6-10-3-2-9(8)12/h7,10H,2-6H2,1H3. The van der Waals surface area contributed by atoms with Crippen molar-refractivity contribution >= 4 is 10.8 Å². The van der Waals surface area contributed by atoms with Gasteiger partial charge in [0.15, 0.2) is 0 Å². The predicted octanol–water partition coefficient (Wildman–Crippen LogP) is -0.0927. The Balaban J connectivity index is 2.10. The van der Waals surface area contributed by atoms with Gasteiger partial charge in [0.1, 0.15) is 0 Å². The summed E-state index contributed by atoms with van der Waals surface area (Å²) in [6, 6.07) is 0. The van der Waals surface area contributed by atoms with Gasteiger partial charge in [0, 0.05) is 54.6 Å². The highest BCUT2D eigenvalue weighted by atomic mass is 32.2. The van der Waals surface area contributed by atoms with Gasteiger partial charge in [-0.05, 0) is 0 Å². The third kappa shape index (κ3) is 2.04. The first-order valence-corrected chi connectivity index (χ1v) is 6.53. The molecule has 0 bridgehead atoms. The van der Waals surface area contributed by atoms with Crippen LogP contribution in [0.15, 0.2) is 6.33 Å². The van der Waals surface area contributed by atoms with Crippen molar-refractivity contribution in [3.05, 3.63) is 17.7 Å². The zero-order valence-corrected chi connectivity index (χ0v) is 9.14. The van der Waals surface area contributed by atoms with E-state index in [9.17, 15) is 4.21 Å². The number of rotatable bonds is 3. The Hall–Kier alpha value is -0.680. The molecular weight excluding hydrogens is 198 g/mol. The molecule has 5 heteroatoms. The van der Waals surface area contributed by atoms with Gasteiger partial charge in [0.05, 0.1) is 12.0 Å². The van der Waals surface area contributed by atoms with Crippen molar-refractivity contribution in [2.24, 2.45) is 0 Å². The van der Waals surface area contributed by atoms with E-state index >= 15 is 0 Å². The Morgan fingerprint density at radius 3 is 3.36 bits per heavy atom. The van der Waals surface area contributed by atoms with Crippen molar-refractivity contribution in [1.29, 1.82) is 0 Å². The minimum atomic E-state index is -0.715. The van der Waals surface area contributed by atoms with Crippen LogP contribution in [0, 0.1) is 0 Å². The first-order valence-electron chi connectivity index (χ1n) is 4.81. The van der Waals surface area contributed by atoms with Crippen LogP contribution in [0.25, 0.3) is 0 Å². The molecule has 0 saturated heterocycles. The average molecular weight is 213 g/mol. The Morgan fingerprint density at radius 2 is 2.57 bits per heavy atom. The molecule has 0 fully saturated rings. The quantitative estimate of drug-likeness (QED) is 0.763. The van der Waals surface area contributed by atoms with Crippen molar-refractivity contribution in [3.63, 3.8) is 0 Å². The number of aryl methyl sites for hydroxylation is 1. The number of nitrogens with one attached hydrogen (secondary N) is 1. The smallest absolute Gasteiger partial charge is 0.0952 e. The minimum Gasteiger partial charge on any atom is -0.333 e. The number of hydrogen-bond acceptors (Lipinski definition) is 3. The highest BCUT2D eigenvalue weighted by molar-refractivity contribution is 7.84. The van der Waals surface area contributed by atoms with Crippen LogP contribution in [0.2, 0.25) is 0 Å². The molecule has 0 spiro atoms. The summed E-state index contributed by atoms with van der Waals surface area (Å²) < 4.78 is 13.1. The Kier molecular flexibility index (Phi) is 2.98. The summed E-state index contributed by atoms with van der Waals surface area (Å²) in [6.45, 7) is 2.72. The van der Waals surface area contributed by atoms with Crippen molar-refractivity contribution in [3.8, 4) is 0 Å². The summed E-state index contributed by atoms with van der Waals surface area (Å²) in [7, 11) is -0.715. The number of nitrogens with zero attached hydrogens (tertiary/aromatic N) is 2. The Morgan fingerprint density at radius 1 is 1.71 bits per heavy atom. The van der Waals surface area contributed by atoms with Crippen LogP contribution in [0.4, 0.5) is 0 Å². The number of aromatic nitrogens is 2. The van der Waals surface area contributed by atoms with Crippen molar-refractivity contribution in [1.82, 2.24) is 14.9 Å². The fraction of sp³-hybridized carbons (Fsp3) is 0.667. The Labute approximate surface area is 86.2 Å². The van der Waals surface area contributed by atoms with Gasteiger partial charge < -0.3 is 9.88 Å². The van der Waals surface area contributed by atoms with Crippen LogP contribution in [0.3, 0.4) is 0 Å². The molecule has 1 N–H and O–H groups in total. The summed E-state index contributed by atoms with van der Waals surface area (Å²) >= 11 is 0. The summed E-state index contributed by atoms with van der Waals surface area (Å²) in [5.74, 6) is 0.718. The second-order valence-electron chi connectivity index (χ2n) is 3.54. The van der Waals surface area contributed by atoms with Crippen LogP contribution in [0.1, 0.15) is 11.4 Å². The van der Waals surface area contributed by atoms with Gasteiger partial charge in [0.2, 0.25) is 0 Å². The molecular formula is C9H15N3OS. The second kappa shape index (κ2) is 4.23. The zero-order valence-electron chi connectivity index (χ0n) is 8.32. The third-order valence-corrected chi connectivity index (χ3v) is 3.24.